The molecule has 2 aliphatic rings. The second-order valence-corrected chi connectivity index (χ2v) is 10.7. The van der Waals surface area contributed by atoms with Crippen molar-refractivity contribution in [3.05, 3.63) is 35.9 Å². The van der Waals surface area contributed by atoms with Crippen LogP contribution in [-0.2, 0) is 14.3 Å². The van der Waals surface area contributed by atoms with Crippen molar-refractivity contribution in [2.75, 3.05) is 6.54 Å². The molecule has 3 N–H and O–H groups in total. The molecule has 0 aromatic heterocycles. The summed E-state index contributed by atoms with van der Waals surface area (Å²) in [6.45, 7) is 7.66. The number of alkyl carbamates (subject to hydrolysis) is 1. The van der Waals surface area contributed by atoms with Crippen molar-refractivity contribution in [2.24, 2.45) is 11.8 Å². The van der Waals surface area contributed by atoms with E-state index in [1.54, 1.807) is 0 Å². The highest BCUT2D eigenvalue weighted by atomic mass is 16.6. The Morgan fingerprint density at radius 1 is 1.09 bits per heavy atom. The molecule has 1 saturated carbocycles. The van der Waals surface area contributed by atoms with Crippen LogP contribution in [0, 0.1) is 11.8 Å². The molecule has 1 saturated heterocycles. The monoisotopic (exact) mass is 473 g/mol. The molecule has 8 nitrogen and oxygen atoms in total. The van der Waals surface area contributed by atoms with E-state index in [2.05, 4.69) is 10.6 Å². The number of nitrogens with zero attached hydrogens (tertiary/aromatic N) is 1. The molecule has 0 bridgehead atoms. The van der Waals surface area contributed by atoms with Gasteiger partial charge in [-0.25, -0.2) is 4.79 Å². The number of ether oxygens (including phenoxy) is 1. The van der Waals surface area contributed by atoms with E-state index < -0.39 is 35.7 Å². The number of carbonyl (C=O) groups is 3. The number of nitrogens with one attached hydrogen (secondary N) is 2. The molecule has 8 heteroatoms. The Kier molecular flexibility index (Phi) is 8.71. The van der Waals surface area contributed by atoms with Gasteiger partial charge in [-0.1, -0.05) is 56.5 Å². The van der Waals surface area contributed by atoms with Crippen LogP contribution in [-0.4, -0.2) is 52.3 Å². The summed E-state index contributed by atoms with van der Waals surface area (Å²) in [4.78, 5) is 39.5. The van der Waals surface area contributed by atoms with Gasteiger partial charge in [-0.05, 0) is 45.6 Å². The summed E-state index contributed by atoms with van der Waals surface area (Å²) in [7, 11) is 0. The number of rotatable bonds is 5. The maximum Gasteiger partial charge on any atom is 0.408 e. The van der Waals surface area contributed by atoms with Gasteiger partial charge in [0.2, 0.25) is 0 Å². The molecular formula is C26H39N3O5. The Balaban J connectivity index is 1.87. The quantitative estimate of drug-likeness (QED) is 0.597. The molecule has 2 amide bonds. The van der Waals surface area contributed by atoms with E-state index in [-0.39, 0.29) is 17.6 Å². The molecule has 0 radical (unpaired) electrons. The van der Waals surface area contributed by atoms with E-state index >= 15 is 0 Å². The van der Waals surface area contributed by atoms with Crippen molar-refractivity contribution >= 4 is 17.8 Å². The van der Waals surface area contributed by atoms with E-state index in [0.717, 1.165) is 42.7 Å². The van der Waals surface area contributed by atoms with Crippen LogP contribution in [0.5, 0.6) is 0 Å². The predicted molar refractivity (Wildman–Crippen MR) is 128 cm³/mol. The average Bonchev–Trinajstić information content (AvgIpc) is 2.89. The Labute approximate surface area is 202 Å². The first-order valence-electron chi connectivity index (χ1n) is 12.4. The molecule has 0 unspecified atom stereocenters. The molecule has 1 aromatic carbocycles. The van der Waals surface area contributed by atoms with Crippen molar-refractivity contribution in [3.8, 4) is 0 Å². The third-order valence-electron chi connectivity index (χ3n) is 6.71. The lowest BCUT2D eigenvalue weighted by atomic mass is 9.84. The van der Waals surface area contributed by atoms with Crippen LogP contribution in [0.2, 0.25) is 0 Å². The summed E-state index contributed by atoms with van der Waals surface area (Å²) in [5.41, 5.74) is 0.228. The smallest absolute Gasteiger partial charge is 0.408 e. The number of hydroxylamine groups is 2. The lowest BCUT2D eigenvalue weighted by Gasteiger charge is -2.34. The predicted octanol–water partition coefficient (Wildman–Crippen LogP) is 3.99. The molecule has 188 valence electrons. The fourth-order valence-corrected chi connectivity index (χ4v) is 4.89. The Morgan fingerprint density at radius 2 is 1.74 bits per heavy atom. The van der Waals surface area contributed by atoms with Crippen molar-refractivity contribution < 1.29 is 24.3 Å². The van der Waals surface area contributed by atoms with E-state index in [0.29, 0.717) is 13.0 Å². The van der Waals surface area contributed by atoms with Crippen LogP contribution in [0.4, 0.5) is 4.79 Å². The maximum absolute atomic E-state index is 13.6. The fourth-order valence-electron chi connectivity index (χ4n) is 4.89. The minimum atomic E-state index is -1.00. The standard InChI is InChI=1S/C26H39N3O5/c1-17-15-16-29(33)21(18-11-7-5-8-12-18)20(22(17)30)27-24(31)23(19-13-9-6-10-14-19)34-25(32)28-26(2,3)4/h5,7-8,11-12,17,19-21,23,33H,6,9-10,13-16H2,1-4H3,(H,27,31)(H,28,32)/t17-,20-,21+,23-/m0/s1. The van der Waals surface area contributed by atoms with Crippen LogP contribution in [0.15, 0.2) is 30.3 Å². The molecule has 1 aliphatic heterocycles. The summed E-state index contributed by atoms with van der Waals surface area (Å²) in [6, 6.07) is 7.53. The van der Waals surface area contributed by atoms with Gasteiger partial charge < -0.3 is 20.6 Å². The minimum Gasteiger partial charge on any atom is -0.436 e. The van der Waals surface area contributed by atoms with Crippen molar-refractivity contribution in [3.63, 3.8) is 0 Å². The molecular weight excluding hydrogens is 434 g/mol. The van der Waals surface area contributed by atoms with Gasteiger partial charge in [0.1, 0.15) is 6.04 Å². The van der Waals surface area contributed by atoms with Crippen LogP contribution in [0.25, 0.3) is 0 Å². The zero-order valence-corrected chi connectivity index (χ0v) is 20.8. The van der Waals surface area contributed by atoms with Gasteiger partial charge in [0.15, 0.2) is 11.9 Å². The van der Waals surface area contributed by atoms with Crippen LogP contribution < -0.4 is 10.6 Å². The van der Waals surface area contributed by atoms with Crippen LogP contribution in [0.1, 0.15) is 77.8 Å². The number of amides is 2. The van der Waals surface area contributed by atoms with E-state index in [9.17, 15) is 19.6 Å². The van der Waals surface area contributed by atoms with Gasteiger partial charge in [0.25, 0.3) is 5.91 Å². The zero-order valence-electron chi connectivity index (χ0n) is 20.8. The van der Waals surface area contributed by atoms with Gasteiger partial charge in [0, 0.05) is 23.9 Å². The van der Waals surface area contributed by atoms with Crippen molar-refractivity contribution in [1.82, 2.24) is 15.7 Å². The molecule has 34 heavy (non-hydrogen) atoms. The van der Waals surface area contributed by atoms with E-state index in [1.807, 2.05) is 58.0 Å². The Hall–Kier alpha value is -2.45. The first-order valence-corrected chi connectivity index (χ1v) is 12.4. The molecule has 4 atom stereocenters. The summed E-state index contributed by atoms with van der Waals surface area (Å²) in [6.07, 6.45) is 3.42. The topological polar surface area (TPSA) is 108 Å². The largest absolute Gasteiger partial charge is 0.436 e. The molecule has 1 heterocycles. The van der Waals surface area contributed by atoms with Gasteiger partial charge in [0.05, 0.1) is 6.04 Å². The normalized spacial score (nSPS) is 25.8. The first kappa shape index (κ1) is 26.2. The van der Waals surface area contributed by atoms with Gasteiger partial charge in [-0.3, -0.25) is 9.59 Å². The Bertz CT molecular complexity index is 848. The summed E-state index contributed by atoms with van der Waals surface area (Å²) < 4.78 is 5.68. The van der Waals surface area contributed by atoms with Crippen LogP contribution >= 0.6 is 0 Å². The third kappa shape index (κ3) is 6.79. The molecule has 1 aliphatic carbocycles. The Morgan fingerprint density at radius 3 is 2.35 bits per heavy atom. The number of carbonyl (C=O) groups excluding carboxylic acids is 3. The van der Waals surface area contributed by atoms with Crippen LogP contribution in [0.3, 0.4) is 0 Å². The molecule has 2 fully saturated rings. The van der Waals surface area contributed by atoms with Gasteiger partial charge >= 0.3 is 6.09 Å². The second-order valence-electron chi connectivity index (χ2n) is 10.7. The van der Waals surface area contributed by atoms with Gasteiger partial charge in [-0.2, -0.15) is 5.06 Å². The summed E-state index contributed by atoms with van der Waals surface area (Å²) in [5, 5.41) is 17.6. The van der Waals surface area contributed by atoms with Crippen molar-refractivity contribution in [2.45, 2.75) is 89.9 Å². The number of Topliss-reactive ketones (excluding diaryl/α,β-unsaturated/α-hetero) is 1. The maximum atomic E-state index is 13.6. The second kappa shape index (κ2) is 11.3. The molecule has 0 spiro atoms. The fraction of sp³-hybridized carbons (Fsp3) is 0.654. The lowest BCUT2D eigenvalue weighted by Crippen LogP contribution is -2.55. The number of ketones is 1. The lowest BCUT2D eigenvalue weighted by molar-refractivity contribution is -0.149. The number of hydrogen-bond acceptors (Lipinski definition) is 6. The van der Waals surface area contributed by atoms with Crippen molar-refractivity contribution in [1.29, 1.82) is 0 Å². The third-order valence-corrected chi connectivity index (χ3v) is 6.71. The highest BCUT2D eigenvalue weighted by Crippen LogP contribution is 2.32. The highest BCUT2D eigenvalue weighted by Gasteiger charge is 2.42. The molecule has 1 aromatic rings. The van der Waals surface area contributed by atoms with E-state index in [4.69, 9.17) is 4.74 Å². The summed E-state index contributed by atoms with van der Waals surface area (Å²) >= 11 is 0. The number of hydrogen-bond donors (Lipinski definition) is 3. The zero-order chi connectivity index (χ0) is 24.9. The minimum absolute atomic E-state index is 0.113. The highest BCUT2D eigenvalue weighted by molar-refractivity contribution is 5.93. The van der Waals surface area contributed by atoms with E-state index in [1.165, 1.54) is 0 Å². The number of benzene rings is 1. The summed E-state index contributed by atoms with van der Waals surface area (Å²) in [5.74, 6) is -1.07. The average molecular weight is 474 g/mol. The van der Waals surface area contributed by atoms with Gasteiger partial charge in [-0.15, -0.1) is 0 Å². The first-order chi connectivity index (χ1) is 16.1. The molecule has 3 rings (SSSR count). The SMILES string of the molecule is C[C@H]1CCN(O)[C@H](c2ccccc2)[C@H](NC(=O)[C@@H](OC(=O)NC(C)(C)C)C2CCCCC2)C1=O.